The van der Waals surface area contributed by atoms with E-state index >= 15 is 0 Å². The molecular weight excluding hydrogens is 378 g/mol. The van der Waals surface area contributed by atoms with Gasteiger partial charge in [-0.1, -0.05) is 41.9 Å². The second kappa shape index (κ2) is 8.82. The van der Waals surface area contributed by atoms with Gasteiger partial charge in [0.15, 0.2) is 16.4 Å². The molecule has 6 nitrogen and oxygen atoms in total. The molecule has 2 rings (SSSR count). The number of sulfone groups is 1. The molecule has 0 aromatic heterocycles. The maximum absolute atomic E-state index is 11.9. The number of nitrogens with one attached hydrogen (secondary N) is 1. The monoisotopic (exact) mass is 395 g/mol. The smallest absolute Gasteiger partial charge is 0.338 e. The summed E-state index contributed by atoms with van der Waals surface area (Å²) in [7, 11) is -3.14. The molecule has 0 saturated heterocycles. The van der Waals surface area contributed by atoms with Gasteiger partial charge in [0, 0.05) is 17.8 Å². The van der Waals surface area contributed by atoms with Crippen LogP contribution in [-0.4, -0.2) is 33.2 Å². The molecule has 0 heterocycles. The van der Waals surface area contributed by atoms with Gasteiger partial charge in [0.1, 0.15) is 0 Å². The molecule has 2 aromatic carbocycles. The van der Waals surface area contributed by atoms with Gasteiger partial charge in [-0.15, -0.1) is 0 Å². The topological polar surface area (TPSA) is 89.5 Å². The molecule has 0 atom stereocenters. The standard InChI is InChI=1S/C18H18ClNO5S/c1-26(23,24)12-13-6-8-14(9-7-13)18(22)25-11-17(21)20-10-15-4-2-3-5-16(15)19/h2-9H,10-12H2,1H3,(H,20,21). The summed E-state index contributed by atoms with van der Waals surface area (Å²) in [6.45, 7) is -0.190. The third-order valence-corrected chi connectivity index (χ3v) is 4.61. The van der Waals surface area contributed by atoms with Crippen LogP contribution < -0.4 is 5.32 Å². The van der Waals surface area contributed by atoms with Crippen LogP contribution in [0.15, 0.2) is 48.5 Å². The number of carbonyl (C=O) groups excluding carboxylic acids is 2. The fourth-order valence-electron chi connectivity index (χ4n) is 2.14. The Morgan fingerprint density at radius 1 is 1.08 bits per heavy atom. The predicted molar refractivity (Wildman–Crippen MR) is 98.6 cm³/mol. The lowest BCUT2D eigenvalue weighted by molar-refractivity contribution is -0.124. The Bertz CT molecular complexity index is 894. The predicted octanol–water partition coefficient (Wildman–Crippen LogP) is 2.36. The zero-order valence-corrected chi connectivity index (χ0v) is 15.6. The van der Waals surface area contributed by atoms with E-state index in [-0.39, 0.29) is 17.9 Å². The summed E-state index contributed by atoms with van der Waals surface area (Å²) >= 11 is 5.99. The van der Waals surface area contributed by atoms with Crippen molar-refractivity contribution in [1.29, 1.82) is 0 Å². The lowest BCUT2D eigenvalue weighted by Gasteiger charge is -2.08. The van der Waals surface area contributed by atoms with Crippen LogP contribution in [0.25, 0.3) is 0 Å². The third kappa shape index (κ3) is 6.50. The molecule has 26 heavy (non-hydrogen) atoms. The summed E-state index contributed by atoms with van der Waals surface area (Å²) < 4.78 is 27.4. The fraction of sp³-hybridized carbons (Fsp3) is 0.222. The second-order valence-electron chi connectivity index (χ2n) is 5.71. The summed E-state index contributed by atoms with van der Waals surface area (Å²) in [5, 5.41) is 3.15. The molecule has 0 aliphatic heterocycles. The van der Waals surface area contributed by atoms with E-state index in [9.17, 15) is 18.0 Å². The average molecular weight is 396 g/mol. The van der Waals surface area contributed by atoms with Crippen molar-refractivity contribution in [3.05, 3.63) is 70.2 Å². The van der Waals surface area contributed by atoms with E-state index in [1.807, 2.05) is 0 Å². The first-order valence-corrected chi connectivity index (χ1v) is 10.1. The molecular formula is C18H18ClNO5S. The molecule has 0 unspecified atom stereocenters. The molecule has 0 radical (unpaired) electrons. The molecule has 0 saturated carbocycles. The Labute approximate surface area is 157 Å². The first-order chi connectivity index (χ1) is 12.2. The van der Waals surface area contributed by atoms with Gasteiger partial charge in [-0.05, 0) is 29.3 Å². The fourth-order valence-corrected chi connectivity index (χ4v) is 3.14. The number of benzene rings is 2. The van der Waals surface area contributed by atoms with E-state index in [2.05, 4.69) is 5.32 Å². The van der Waals surface area contributed by atoms with Crippen LogP contribution in [0.5, 0.6) is 0 Å². The first kappa shape index (κ1) is 19.9. The Morgan fingerprint density at radius 2 is 1.73 bits per heavy atom. The second-order valence-corrected chi connectivity index (χ2v) is 8.26. The van der Waals surface area contributed by atoms with Crippen molar-refractivity contribution >= 4 is 33.3 Å². The summed E-state index contributed by atoms with van der Waals surface area (Å²) in [6, 6.07) is 13.1. The van der Waals surface area contributed by atoms with Crippen LogP contribution in [0.3, 0.4) is 0 Å². The van der Waals surface area contributed by atoms with Crippen molar-refractivity contribution < 1.29 is 22.7 Å². The summed E-state index contributed by atoms with van der Waals surface area (Å²) in [5.74, 6) is -1.22. The number of carbonyl (C=O) groups is 2. The average Bonchev–Trinajstić information content (AvgIpc) is 2.58. The van der Waals surface area contributed by atoms with E-state index < -0.39 is 28.3 Å². The van der Waals surface area contributed by atoms with Crippen LogP contribution in [0.4, 0.5) is 0 Å². The number of halogens is 1. The van der Waals surface area contributed by atoms with E-state index in [1.165, 1.54) is 24.3 Å². The molecule has 0 bridgehead atoms. The van der Waals surface area contributed by atoms with Gasteiger partial charge in [0.05, 0.1) is 11.3 Å². The van der Waals surface area contributed by atoms with E-state index in [0.29, 0.717) is 10.6 Å². The normalized spacial score (nSPS) is 11.0. The van der Waals surface area contributed by atoms with Crippen molar-refractivity contribution in [2.24, 2.45) is 0 Å². The van der Waals surface area contributed by atoms with Crippen LogP contribution in [0, 0.1) is 0 Å². The summed E-state index contributed by atoms with van der Waals surface area (Å²) in [4.78, 5) is 23.7. The molecule has 1 N–H and O–H groups in total. The molecule has 0 spiro atoms. The zero-order chi connectivity index (χ0) is 19.2. The Balaban J connectivity index is 1.82. The Kier molecular flexibility index (Phi) is 6.76. The van der Waals surface area contributed by atoms with E-state index in [1.54, 1.807) is 24.3 Å². The van der Waals surface area contributed by atoms with Crippen LogP contribution in [0.2, 0.25) is 5.02 Å². The van der Waals surface area contributed by atoms with Crippen molar-refractivity contribution in [2.45, 2.75) is 12.3 Å². The van der Waals surface area contributed by atoms with Gasteiger partial charge < -0.3 is 10.1 Å². The lowest BCUT2D eigenvalue weighted by atomic mass is 10.1. The maximum Gasteiger partial charge on any atom is 0.338 e. The maximum atomic E-state index is 11.9. The van der Waals surface area contributed by atoms with Crippen molar-refractivity contribution in [2.75, 3.05) is 12.9 Å². The number of esters is 1. The summed E-state index contributed by atoms with van der Waals surface area (Å²) in [5.41, 5.74) is 1.57. The summed E-state index contributed by atoms with van der Waals surface area (Å²) in [6.07, 6.45) is 1.14. The molecule has 0 aliphatic rings. The highest BCUT2D eigenvalue weighted by atomic mass is 35.5. The quantitative estimate of drug-likeness (QED) is 0.727. The van der Waals surface area contributed by atoms with Gasteiger partial charge in [-0.25, -0.2) is 13.2 Å². The van der Waals surface area contributed by atoms with Gasteiger partial charge in [0.2, 0.25) is 0 Å². The first-order valence-electron chi connectivity index (χ1n) is 7.68. The Hall–Kier alpha value is -2.38. The van der Waals surface area contributed by atoms with Gasteiger partial charge in [0.25, 0.3) is 5.91 Å². The van der Waals surface area contributed by atoms with Crippen LogP contribution >= 0.6 is 11.6 Å². The van der Waals surface area contributed by atoms with Crippen molar-refractivity contribution in [3.63, 3.8) is 0 Å². The lowest BCUT2D eigenvalue weighted by Crippen LogP contribution is -2.28. The molecule has 0 aliphatic carbocycles. The highest BCUT2D eigenvalue weighted by molar-refractivity contribution is 7.89. The minimum atomic E-state index is -3.14. The minimum Gasteiger partial charge on any atom is -0.452 e. The van der Waals surface area contributed by atoms with Gasteiger partial charge in [-0.3, -0.25) is 4.79 Å². The minimum absolute atomic E-state index is 0.104. The number of rotatable bonds is 7. The number of hydrogen-bond acceptors (Lipinski definition) is 5. The van der Waals surface area contributed by atoms with Gasteiger partial charge >= 0.3 is 5.97 Å². The number of ether oxygens (including phenoxy) is 1. The van der Waals surface area contributed by atoms with Crippen LogP contribution in [-0.2, 0) is 31.7 Å². The molecule has 8 heteroatoms. The van der Waals surface area contributed by atoms with E-state index in [0.717, 1.165) is 11.8 Å². The largest absolute Gasteiger partial charge is 0.452 e. The van der Waals surface area contributed by atoms with Gasteiger partial charge in [-0.2, -0.15) is 0 Å². The molecule has 1 amide bonds. The highest BCUT2D eigenvalue weighted by Crippen LogP contribution is 2.14. The molecule has 138 valence electrons. The van der Waals surface area contributed by atoms with E-state index in [4.69, 9.17) is 16.3 Å². The third-order valence-electron chi connectivity index (χ3n) is 3.39. The zero-order valence-electron chi connectivity index (χ0n) is 14.1. The Morgan fingerprint density at radius 3 is 2.35 bits per heavy atom. The SMILES string of the molecule is CS(=O)(=O)Cc1ccc(C(=O)OCC(=O)NCc2ccccc2Cl)cc1. The molecule has 0 fully saturated rings. The van der Waals surface area contributed by atoms with Crippen LogP contribution in [0.1, 0.15) is 21.5 Å². The molecule has 2 aromatic rings. The number of amides is 1. The van der Waals surface area contributed by atoms with Crippen molar-refractivity contribution in [3.8, 4) is 0 Å². The van der Waals surface area contributed by atoms with Crippen molar-refractivity contribution in [1.82, 2.24) is 5.32 Å². The highest BCUT2D eigenvalue weighted by Gasteiger charge is 2.11. The number of hydrogen-bond donors (Lipinski definition) is 1.